The van der Waals surface area contributed by atoms with Crippen molar-refractivity contribution in [3.63, 3.8) is 0 Å². The number of halogens is 3. The van der Waals surface area contributed by atoms with Gasteiger partial charge in [0.1, 0.15) is 5.82 Å². The number of nitrogens with zero attached hydrogens (tertiary/aromatic N) is 2. The number of carbonyl (C=O) groups excluding carboxylic acids is 2. The van der Waals surface area contributed by atoms with Crippen molar-refractivity contribution in [1.82, 2.24) is 9.88 Å². The highest BCUT2D eigenvalue weighted by atomic mass is 35.5. The second-order valence-electron chi connectivity index (χ2n) is 6.07. The molecule has 2 amide bonds. The van der Waals surface area contributed by atoms with E-state index in [0.29, 0.717) is 46.0 Å². The Kier molecular flexibility index (Phi) is 6.01. The smallest absolute Gasteiger partial charge is 0.253 e. The molecular formula is C18H16Cl3N3O2. The molecule has 136 valence electrons. The molecule has 26 heavy (non-hydrogen) atoms. The van der Waals surface area contributed by atoms with E-state index in [9.17, 15) is 9.59 Å². The van der Waals surface area contributed by atoms with Gasteiger partial charge in [-0.1, -0.05) is 34.8 Å². The molecule has 2 aromatic rings. The molecule has 1 atom stereocenters. The zero-order valence-electron chi connectivity index (χ0n) is 13.7. The number of nitrogens with one attached hydrogen (secondary N) is 1. The first-order valence-electron chi connectivity index (χ1n) is 8.11. The van der Waals surface area contributed by atoms with Gasteiger partial charge in [0, 0.05) is 24.8 Å². The molecule has 0 bridgehead atoms. The van der Waals surface area contributed by atoms with Gasteiger partial charge in [0.15, 0.2) is 0 Å². The topological polar surface area (TPSA) is 62.3 Å². The summed E-state index contributed by atoms with van der Waals surface area (Å²) in [6, 6.07) is 8.08. The maximum Gasteiger partial charge on any atom is 0.253 e. The summed E-state index contributed by atoms with van der Waals surface area (Å²) < 4.78 is 0. The van der Waals surface area contributed by atoms with E-state index in [-0.39, 0.29) is 17.7 Å². The molecule has 1 fully saturated rings. The number of hydrogen-bond acceptors (Lipinski definition) is 3. The molecule has 0 saturated carbocycles. The maximum atomic E-state index is 12.7. The molecule has 2 heterocycles. The van der Waals surface area contributed by atoms with Gasteiger partial charge in [0.05, 0.1) is 21.0 Å². The van der Waals surface area contributed by atoms with E-state index in [1.165, 1.54) is 6.20 Å². The van der Waals surface area contributed by atoms with Crippen molar-refractivity contribution in [3.8, 4) is 0 Å². The Bertz CT molecular complexity index is 827. The van der Waals surface area contributed by atoms with Gasteiger partial charge in [-0.15, -0.1) is 0 Å². The van der Waals surface area contributed by atoms with Crippen LogP contribution in [0.15, 0.2) is 36.5 Å². The number of benzene rings is 1. The highest BCUT2D eigenvalue weighted by Crippen LogP contribution is 2.25. The molecule has 5 nitrogen and oxygen atoms in total. The van der Waals surface area contributed by atoms with Crippen LogP contribution in [0.2, 0.25) is 15.1 Å². The number of hydrogen-bond donors (Lipinski definition) is 1. The zero-order valence-corrected chi connectivity index (χ0v) is 16.0. The third-order valence-corrected chi connectivity index (χ3v) is 5.19. The maximum absolute atomic E-state index is 12.7. The van der Waals surface area contributed by atoms with E-state index in [4.69, 9.17) is 34.8 Å². The molecule has 0 aliphatic carbocycles. The van der Waals surface area contributed by atoms with Crippen LogP contribution in [-0.4, -0.2) is 34.8 Å². The summed E-state index contributed by atoms with van der Waals surface area (Å²) >= 11 is 17.7. The summed E-state index contributed by atoms with van der Waals surface area (Å²) in [5, 5.41) is 4.00. The van der Waals surface area contributed by atoms with Crippen LogP contribution in [0.3, 0.4) is 0 Å². The lowest BCUT2D eigenvalue weighted by Crippen LogP contribution is -2.43. The third-order valence-electron chi connectivity index (χ3n) is 4.22. The number of carbonyl (C=O) groups is 2. The number of pyridine rings is 1. The minimum atomic E-state index is -0.298. The fourth-order valence-corrected chi connectivity index (χ4v) is 3.28. The van der Waals surface area contributed by atoms with E-state index in [1.807, 2.05) is 0 Å². The number of aromatic nitrogens is 1. The molecule has 1 saturated heterocycles. The molecule has 1 aromatic heterocycles. The van der Waals surface area contributed by atoms with Crippen LogP contribution in [0.25, 0.3) is 0 Å². The summed E-state index contributed by atoms with van der Waals surface area (Å²) in [6.45, 7) is 0.945. The summed E-state index contributed by atoms with van der Waals surface area (Å²) in [5.74, 6) is -0.183. The highest BCUT2D eigenvalue weighted by Gasteiger charge is 2.29. The standard InChI is InChI=1S/C18H16Cl3N3O2/c19-13-4-6-16(22-9-13)23-17(25)12-2-1-7-24(10-12)18(26)11-3-5-14(20)15(21)8-11/h3-6,8-9,12H,1-2,7,10H2,(H,22,23,25)/t12-/m0/s1. The van der Waals surface area contributed by atoms with Crippen molar-refractivity contribution in [1.29, 1.82) is 0 Å². The molecule has 3 rings (SSSR count). The summed E-state index contributed by atoms with van der Waals surface area (Å²) in [7, 11) is 0. The summed E-state index contributed by atoms with van der Waals surface area (Å²) in [6.07, 6.45) is 2.93. The molecular weight excluding hydrogens is 397 g/mol. The van der Waals surface area contributed by atoms with Gasteiger partial charge in [-0.2, -0.15) is 0 Å². The lowest BCUT2D eigenvalue weighted by Gasteiger charge is -2.32. The number of anilines is 1. The second-order valence-corrected chi connectivity index (χ2v) is 7.32. The van der Waals surface area contributed by atoms with Crippen LogP contribution < -0.4 is 5.32 Å². The molecule has 0 unspecified atom stereocenters. The average molecular weight is 413 g/mol. The van der Waals surface area contributed by atoms with Gasteiger partial charge < -0.3 is 10.2 Å². The van der Waals surface area contributed by atoms with Gasteiger partial charge in [-0.05, 0) is 43.2 Å². The first-order valence-corrected chi connectivity index (χ1v) is 9.24. The van der Waals surface area contributed by atoms with Gasteiger partial charge in [0.25, 0.3) is 5.91 Å². The van der Waals surface area contributed by atoms with Gasteiger partial charge >= 0.3 is 0 Å². The van der Waals surface area contributed by atoms with Crippen LogP contribution in [0.5, 0.6) is 0 Å². The Morgan fingerprint density at radius 2 is 1.92 bits per heavy atom. The molecule has 1 aliphatic rings. The van der Waals surface area contributed by atoms with E-state index in [2.05, 4.69) is 10.3 Å². The lowest BCUT2D eigenvalue weighted by molar-refractivity contribution is -0.121. The van der Waals surface area contributed by atoms with Crippen molar-refractivity contribution >= 4 is 52.4 Å². The predicted molar refractivity (Wildman–Crippen MR) is 103 cm³/mol. The Labute approximate surface area is 166 Å². The minimum Gasteiger partial charge on any atom is -0.338 e. The number of amides is 2. The largest absolute Gasteiger partial charge is 0.338 e. The van der Waals surface area contributed by atoms with Crippen LogP contribution in [0.4, 0.5) is 5.82 Å². The second kappa shape index (κ2) is 8.25. The highest BCUT2D eigenvalue weighted by molar-refractivity contribution is 6.42. The van der Waals surface area contributed by atoms with Gasteiger partial charge in [0.2, 0.25) is 5.91 Å². The fraction of sp³-hybridized carbons (Fsp3) is 0.278. The molecule has 1 aliphatic heterocycles. The Morgan fingerprint density at radius 3 is 2.62 bits per heavy atom. The molecule has 0 spiro atoms. The Balaban J connectivity index is 1.66. The van der Waals surface area contributed by atoms with Crippen molar-refractivity contribution in [3.05, 3.63) is 57.2 Å². The van der Waals surface area contributed by atoms with Crippen LogP contribution >= 0.6 is 34.8 Å². The SMILES string of the molecule is O=C(Nc1ccc(Cl)cn1)[C@H]1CCCN(C(=O)c2ccc(Cl)c(Cl)c2)C1. The molecule has 1 N–H and O–H groups in total. The van der Waals surface area contributed by atoms with Crippen molar-refractivity contribution in [2.75, 3.05) is 18.4 Å². The van der Waals surface area contributed by atoms with E-state index in [1.54, 1.807) is 35.2 Å². The van der Waals surface area contributed by atoms with Crippen LogP contribution in [0.1, 0.15) is 23.2 Å². The number of likely N-dealkylation sites (tertiary alicyclic amines) is 1. The van der Waals surface area contributed by atoms with Crippen molar-refractivity contribution in [2.45, 2.75) is 12.8 Å². The molecule has 1 aromatic carbocycles. The lowest BCUT2D eigenvalue weighted by atomic mass is 9.96. The van der Waals surface area contributed by atoms with Gasteiger partial charge in [-0.25, -0.2) is 4.98 Å². The minimum absolute atomic E-state index is 0.161. The Morgan fingerprint density at radius 1 is 1.12 bits per heavy atom. The van der Waals surface area contributed by atoms with Crippen LogP contribution in [0, 0.1) is 5.92 Å². The van der Waals surface area contributed by atoms with E-state index >= 15 is 0 Å². The van der Waals surface area contributed by atoms with Crippen molar-refractivity contribution < 1.29 is 9.59 Å². The van der Waals surface area contributed by atoms with E-state index < -0.39 is 0 Å². The quantitative estimate of drug-likeness (QED) is 0.805. The van der Waals surface area contributed by atoms with Crippen molar-refractivity contribution in [2.24, 2.45) is 5.92 Å². The normalized spacial score (nSPS) is 17.0. The third kappa shape index (κ3) is 4.47. The summed E-state index contributed by atoms with van der Waals surface area (Å²) in [4.78, 5) is 30.9. The first-order chi connectivity index (χ1) is 12.4. The molecule has 8 heteroatoms. The predicted octanol–water partition coefficient (Wildman–Crippen LogP) is 4.53. The zero-order chi connectivity index (χ0) is 18.7. The van der Waals surface area contributed by atoms with Crippen LogP contribution in [-0.2, 0) is 4.79 Å². The van der Waals surface area contributed by atoms with E-state index in [0.717, 1.165) is 6.42 Å². The summed E-state index contributed by atoms with van der Waals surface area (Å²) in [5.41, 5.74) is 0.458. The molecule has 0 radical (unpaired) electrons. The van der Waals surface area contributed by atoms with Gasteiger partial charge in [-0.3, -0.25) is 9.59 Å². The number of piperidine rings is 1. The number of rotatable bonds is 3. The fourth-order valence-electron chi connectivity index (χ4n) is 2.87. The monoisotopic (exact) mass is 411 g/mol. The first kappa shape index (κ1) is 19.0. The average Bonchev–Trinajstić information content (AvgIpc) is 2.65. The Hall–Kier alpha value is -1.82.